The number of rotatable bonds is 4. The average Bonchev–Trinajstić information content (AvgIpc) is 2.54. The first-order valence-corrected chi connectivity index (χ1v) is 5.81. The number of fused-ring (bicyclic) bond motifs is 1. The van der Waals surface area contributed by atoms with Crippen molar-refractivity contribution in [3.63, 3.8) is 0 Å². The van der Waals surface area contributed by atoms with E-state index in [1.54, 1.807) is 7.05 Å². The van der Waals surface area contributed by atoms with E-state index >= 15 is 0 Å². The molecule has 0 amide bonds. The summed E-state index contributed by atoms with van der Waals surface area (Å²) in [6.45, 7) is 1.07. The lowest BCUT2D eigenvalue weighted by atomic mass is 10.1. The van der Waals surface area contributed by atoms with Gasteiger partial charge in [0.15, 0.2) is 5.58 Å². The molecule has 0 bridgehead atoms. The molecule has 4 heteroatoms. The van der Waals surface area contributed by atoms with Crippen LogP contribution in [0, 0.1) is 0 Å². The Morgan fingerprint density at radius 3 is 2.82 bits per heavy atom. The van der Waals surface area contributed by atoms with Crippen LogP contribution < -0.4 is 5.76 Å². The second-order valence-corrected chi connectivity index (χ2v) is 4.64. The predicted octanol–water partition coefficient (Wildman–Crippen LogP) is 1.63. The summed E-state index contributed by atoms with van der Waals surface area (Å²) in [7, 11) is 5.86. The summed E-state index contributed by atoms with van der Waals surface area (Å²) in [6, 6.07) is 5.98. The molecule has 0 aliphatic heterocycles. The molecule has 0 saturated carbocycles. The highest BCUT2D eigenvalue weighted by Crippen LogP contribution is 2.15. The Hall–Kier alpha value is -1.55. The van der Waals surface area contributed by atoms with Gasteiger partial charge in [0.1, 0.15) is 0 Å². The van der Waals surface area contributed by atoms with Gasteiger partial charge in [0, 0.05) is 7.05 Å². The van der Waals surface area contributed by atoms with Gasteiger partial charge < -0.3 is 9.32 Å². The molecule has 4 nitrogen and oxygen atoms in total. The number of nitrogens with zero attached hydrogens (tertiary/aromatic N) is 2. The van der Waals surface area contributed by atoms with Crippen molar-refractivity contribution >= 4 is 11.1 Å². The lowest BCUT2D eigenvalue weighted by molar-refractivity contribution is 0.400. The van der Waals surface area contributed by atoms with E-state index in [1.807, 2.05) is 12.1 Å². The van der Waals surface area contributed by atoms with Gasteiger partial charge in [-0.05, 0) is 51.2 Å². The summed E-state index contributed by atoms with van der Waals surface area (Å²) in [4.78, 5) is 13.5. The summed E-state index contributed by atoms with van der Waals surface area (Å²) < 4.78 is 6.69. The highest BCUT2D eigenvalue weighted by Gasteiger charge is 2.06. The number of aromatic nitrogens is 1. The van der Waals surface area contributed by atoms with Crippen molar-refractivity contribution < 1.29 is 4.42 Å². The highest BCUT2D eigenvalue weighted by atomic mass is 16.4. The zero-order valence-corrected chi connectivity index (χ0v) is 10.6. The van der Waals surface area contributed by atoms with E-state index in [4.69, 9.17) is 4.42 Å². The summed E-state index contributed by atoms with van der Waals surface area (Å²) in [5.41, 5.74) is 2.75. The van der Waals surface area contributed by atoms with Crippen LogP contribution in [0.2, 0.25) is 0 Å². The molecule has 1 aromatic carbocycles. The fourth-order valence-corrected chi connectivity index (χ4v) is 1.93. The maximum atomic E-state index is 11.3. The number of hydrogen-bond donors (Lipinski definition) is 0. The zero-order valence-electron chi connectivity index (χ0n) is 10.6. The van der Waals surface area contributed by atoms with E-state index in [-0.39, 0.29) is 5.76 Å². The Kier molecular flexibility index (Phi) is 3.33. The van der Waals surface area contributed by atoms with Gasteiger partial charge in [0.05, 0.1) is 5.52 Å². The first-order valence-electron chi connectivity index (χ1n) is 5.81. The smallest absolute Gasteiger partial charge is 0.408 e. The normalized spacial score (nSPS) is 11.5. The van der Waals surface area contributed by atoms with Crippen LogP contribution in [-0.2, 0) is 13.5 Å². The molecule has 0 radical (unpaired) electrons. The van der Waals surface area contributed by atoms with Crippen LogP contribution in [0.25, 0.3) is 11.1 Å². The van der Waals surface area contributed by atoms with Gasteiger partial charge in [-0.1, -0.05) is 6.07 Å². The molecule has 17 heavy (non-hydrogen) atoms. The molecule has 0 unspecified atom stereocenters. The minimum Gasteiger partial charge on any atom is -0.408 e. The van der Waals surface area contributed by atoms with Crippen LogP contribution in [-0.4, -0.2) is 30.1 Å². The zero-order chi connectivity index (χ0) is 12.4. The molecule has 0 atom stereocenters. The molecule has 0 aliphatic carbocycles. The third kappa shape index (κ3) is 2.58. The molecule has 2 aromatic rings. The first kappa shape index (κ1) is 11.9. The van der Waals surface area contributed by atoms with Crippen LogP contribution in [0.3, 0.4) is 0 Å². The van der Waals surface area contributed by atoms with Gasteiger partial charge >= 0.3 is 5.76 Å². The van der Waals surface area contributed by atoms with Crippen LogP contribution >= 0.6 is 0 Å². The molecule has 0 fully saturated rings. The van der Waals surface area contributed by atoms with Gasteiger partial charge in [-0.3, -0.25) is 4.57 Å². The maximum Gasteiger partial charge on any atom is 0.419 e. The molecule has 1 aromatic heterocycles. The van der Waals surface area contributed by atoms with Gasteiger partial charge in [0.2, 0.25) is 0 Å². The lowest BCUT2D eigenvalue weighted by Crippen LogP contribution is -2.13. The average molecular weight is 234 g/mol. The molecule has 0 aliphatic rings. The monoisotopic (exact) mass is 234 g/mol. The van der Waals surface area contributed by atoms with Crippen molar-refractivity contribution in [1.29, 1.82) is 0 Å². The molecular formula is C13H18N2O2. The summed E-state index contributed by atoms with van der Waals surface area (Å²) in [5, 5.41) is 0. The van der Waals surface area contributed by atoms with E-state index in [0.717, 1.165) is 24.9 Å². The van der Waals surface area contributed by atoms with E-state index in [1.165, 1.54) is 10.1 Å². The van der Waals surface area contributed by atoms with E-state index < -0.39 is 0 Å². The quantitative estimate of drug-likeness (QED) is 0.807. The van der Waals surface area contributed by atoms with E-state index in [9.17, 15) is 4.79 Å². The maximum absolute atomic E-state index is 11.3. The van der Waals surface area contributed by atoms with E-state index in [0.29, 0.717) is 5.58 Å². The Labute approximate surface area is 100 Å². The van der Waals surface area contributed by atoms with Crippen LogP contribution in [0.15, 0.2) is 27.4 Å². The molecule has 1 heterocycles. The molecule has 92 valence electrons. The molecular weight excluding hydrogens is 216 g/mol. The second kappa shape index (κ2) is 4.75. The lowest BCUT2D eigenvalue weighted by Gasteiger charge is -2.08. The van der Waals surface area contributed by atoms with Gasteiger partial charge in [-0.25, -0.2) is 4.79 Å². The first-order chi connectivity index (χ1) is 8.08. The minimum atomic E-state index is -0.301. The van der Waals surface area contributed by atoms with Crippen molar-refractivity contribution in [3.05, 3.63) is 34.3 Å². The molecule has 0 N–H and O–H groups in total. The van der Waals surface area contributed by atoms with Crippen molar-refractivity contribution in [2.45, 2.75) is 12.8 Å². The van der Waals surface area contributed by atoms with Crippen LogP contribution in [0.1, 0.15) is 12.0 Å². The van der Waals surface area contributed by atoms with Crippen molar-refractivity contribution in [3.8, 4) is 0 Å². The molecule has 2 rings (SSSR count). The fourth-order valence-electron chi connectivity index (χ4n) is 1.93. The number of benzene rings is 1. The molecule has 0 spiro atoms. The van der Waals surface area contributed by atoms with Crippen LogP contribution in [0.5, 0.6) is 0 Å². The molecule has 0 saturated heterocycles. The van der Waals surface area contributed by atoms with Crippen LogP contribution in [0.4, 0.5) is 0 Å². The van der Waals surface area contributed by atoms with Crippen molar-refractivity contribution in [2.75, 3.05) is 20.6 Å². The summed E-state index contributed by atoms with van der Waals surface area (Å²) in [5.74, 6) is -0.301. The topological polar surface area (TPSA) is 38.4 Å². The van der Waals surface area contributed by atoms with Gasteiger partial charge in [-0.2, -0.15) is 0 Å². The predicted molar refractivity (Wildman–Crippen MR) is 68.3 cm³/mol. The van der Waals surface area contributed by atoms with E-state index in [2.05, 4.69) is 25.1 Å². The third-order valence-electron chi connectivity index (χ3n) is 2.93. The number of hydrogen-bond acceptors (Lipinski definition) is 3. The largest absolute Gasteiger partial charge is 0.419 e. The highest BCUT2D eigenvalue weighted by molar-refractivity contribution is 5.73. The number of aryl methyl sites for hydroxylation is 2. The fraction of sp³-hybridized carbons (Fsp3) is 0.462. The summed E-state index contributed by atoms with van der Waals surface area (Å²) >= 11 is 0. The Morgan fingerprint density at radius 2 is 2.12 bits per heavy atom. The van der Waals surface area contributed by atoms with Crippen molar-refractivity contribution in [1.82, 2.24) is 9.47 Å². The Morgan fingerprint density at radius 1 is 1.35 bits per heavy atom. The third-order valence-corrected chi connectivity index (χ3v) is 2.93. The summed E-state index contributed by atoms with van der Waals surface area (Å²) in [6.07, 6.45) is 2.11. The number of oxazole rings is 1. The van der Waals surface area contributed by atoms with Gasteiger partial charge in [-0.15, -0.1) is 0 Å². The Balaban J connectivity index is 2.18. The Bertz CT molecular complexity index is 566. The minimum absolute atomic E-state index is 0.301. The standard InChI is InChI=1S/C13H18N2O2/c1-14(2)8-4-5-10-6-7-11-12(9-10)17-13(16)15(11)3/h6-7,9H,4-5,8H2,1-3H3. The van der Waals surface area contributed by atoms with Crippen molar-refractivity contribution in [2.24, 2.45) is 7.05 Å². The van der Waals surface area contributed by atoms with Gasteiger partial charge in [0.25, 0.3) is 0 Å². The SMILES string of the molecule is CN(C)CCCc1ccc2c(c1)oc(=O)n2C. The second-order valence-electron chi connectivity index (χ2n) is 4.64.